The molecule has 2 N–H and O–H groups in total. The van der Waals surface area contributed by atoms with Crippen molar-refractivity contribution in [1.29, 1.82) is 0 Å². The number of furan rings is 1. The summed E-state index contributed by atoms with van der Waals surface area (Å²) in [6.45, 7) is 0.761. The van der Waals surface area contributed by atoms with Gasteiger partial charge >= 0.3 is 0 Å². The Morgan fingerprint density at radius 1 is 1.60 bits per heavy atom. The standard InChI is InChI=1S/C12H13N5O3/c18-10-4-8(11(19)15-12-13-7-14-16-12)5-17(10)6-9-2-1-3-20-9/h1-3,7-8H,4-6H2,(H2,13,14,15,16,19)/t8-/m1/s1. The van der Waals surface area contributed by atoms with Crippen LogP contribution in [-0.4, -0.2) is 38.4 Å². The number of carbonyl (C=O) groups excluding carboxylic acids is 2. The van der Waals surface area contributed by atoms with Gasteiger partial charge in [-0.1, -0.05) is 0 Å². The molecular formula is C12H13N5O3. The van der Waals surface area contributed by atoms with Crippen LogP contribution in [0.4, 0.5) is 5.95 Å². The lowest BCUT2D eigenvalue weighted by Crippen LogP contribution is -2.28. The van der Waals surface area contributed by atoms with E-state index in [9.17, 15) is 9.59 Å². The Labute approximate surface area is 114 Å². The molecule has 1 aliphatic rings. The van der Waals surface area contributed by atoms with E-state index in [1.54, 1.807) is 23.3 Å². The average molecular weight is 275 g/mol. The lowest BCUT2D eigenvalue weighted by molar-refractivity contribution is -0.128. The number of H-pyrrole nitrogens is 1. The van der Waals surface area contributed by atoms with E-state index >= 15 is 0 Å². The summed E-state index contributed by atoms with van der Waals surface area (Å²) in [7, 11) is 0. The molecule has 1 saturated heterocycles. The predicted octanol–water partition coefficient (Wildman–Crippen LogP) is 0.385. The molecule has 0 unspecified atom stereocenters. The normalized spacial score (nSPS) is 18.5. The second kappa shape index (κ2) is 5.16. The van der Waals surface area contributed by atoms with Gasteiger partial charge in [0.25, 0.3) is 0 Å². The minimum Gasteiger partial charge on any atom is -0.467 e. The third-order valence-corrected chi connectivity index (χ3v) is 3.17. The van der Waals surface area contributed by atoms with Gasteiger partial charge < -0.3 is 9.32 Å². The second-order valence-electron chi connectivity index (χ2n) is 4.58. The van der Waals surface area contributed by atoms with E-state index in [0.29, 0.717) is 18.8 Å². The highest BCUT2D eigenvalue weighted by molar-refractivity contribution is 5.96. The molecule has 0 aromatic carbocycles. The van der Waals surface area contributed by atoms with Crippen LogP contribution in [-0.2, 0) is 16.1 Å². The number of aromatic nitrogens is 3. The Hall–Kier alpha value is -2.64. The molecule has 8 nitrogen and oxygen atoms in total. The van der Waals surface area contributed by atoms with Gasteiger partial charge in [-0.3, -0.25) is 14.9 Å². The van der Waals surface area contributed by atoms with E-state index in [-0.39, 0.29) is 30.1 Å². The monoisotopic (exact) mass is 275 g/mol. The summed E-state index contributed by atoms with van der Waals surface area (Å²) in [4.78, 5) is 29.3. The molecule has 3 rings (SSSR count). The number of rotatable bonds is 4. The average Bonchev–Trinajstić information content (AvgIpc) is 3.13. The molecule has 1 fully saturated rings. The third kappa shape index (κ3) is 2.53. The summed E-state index contributed by atoms with van der Waals surface area (Å²) in [5, 5.41) is 8.78. The van der Waals surface area contributed by atoms with E-state index in [1.165, 1.54) is 6.33 Å². The number of amides is 2. The fourth-order valence-corrected chi connectivity index (χ4v) is 2.18. The molecule has 1 atom stereocenters. The first-order valence-corrected chi connectivity index (χ1v) is 6.19. The molecule has 2 amide bonds. The first-order valence-electron chi connectivity index (χ1n) is 6.19. The zero-order valence-electron chi connectivity index (χ0n) is 10.6. The molecule has 20 heavy (non-hydrogen) atoms. The van der Waals surface area contributed by atoms with Gasteiger partial charge in [0.1, 0.15) is 12.1 Å². The summed E-state index contributed by atoms with van der Waals surface area (Å²) in [5.74, 6) is 0.306. The minimum atomic E-state index is -0.387. The molecule has 3 heterocycles. The maximum absolute atomic E-state index is 12.0. The summed E-state index contributed by atoms with van der Waals surface area (Å²) < 4.78 is 5.21. The van der Waals surface area contributed by atoms with Crippen LogP contribution in [0.5, 0.6) is 0 Å². The summed E-state index contributed by atoms with van der Waals surface area (Å²) >= 11 is 0. The van der Waals surface area contributed by atoms with Crippen LogP contribution in [0.15, 0.2) is 29.1 Å². The molecule has 104 valence electrons. The van der Waals surface area contributed by atoms with Gasteiger partial charge in [0.15, 0.2) is 0 Å². The van der Waals surface area contributed by atoms with Crippen molar-refractivity contribution in [3.8, 4) is 0 Å². The third-order valence-electron chi connectivity index (χ3n) is 3.17. The van der Waals surface area contributed by atoms with Crippen molar-refractivity contribution < 1.29 is 14.0 Å². The largest absolute Gasteiger partial charge is 0.467 e. The van der Waals surface area contributed by atoms with Crippen LogP contribution < -0.4 is 5.32 Å². The van der Waals surface area contributed by atoms with Gasteiger partial charge in [0, 0.05) is 13.0 Å². The SMILES string of the molecule is O=C(Nc1ncn[nH]1)[C@@H]1CC(=O)N(Cc2ccco2)C1. The topological polar surface area (TPSA) is 104 Å². The van der Waals surface area contributed by atoms with E-state index in [2.05, 4.69) is 20.5 Å². The number of likely N-dealkylation sites (tertiary alicyclic amines) is 1. The molecule has 8 heteroatoms. The van der Waals surface area contributed by atoms with Crippen molar-refractivity contribution in [3.05, 3.63) is 30.5 Å². The highest BCUT2D eigenvalue weighted by atomic mass is 16.3. The zero-order valence-corrected chi connectivity index (χ0v) is 10.6. The Morgan fingerprint density at radius 3 is 3.20 bits per heavy atom. The molecule has 2 aromatic rings. The van der Waals surface area contributed by atoms with Crippen molar-refractivity contribution in [2.45, 2.75) is 13.0 Å². The first kappa shape index (κ1) is 12.4. The van der Waals surface area contributed by atoms with Crippen molar-refractivity contribution >= 4 is 17.8 Å². The van der Waals surface area contributed by atoms with Crippen LogP contribution in [0.2, 0.25) is 0 Å². The fourth-order valence-electron chi connectivity index (χ4n) is 2.18. The summed E-state index contributed by atoms with van der Waals surface area (Å²) in [5.41, 5.74) is 0. The zero-order chi connectivity index (χ0) is 13.9. The highest BCUT2D eigenvalue weighted by Gasteiger charge is 2.34. The smallest absolute Gasteiger partial charge is 0.232 e. The summed E-state index contributed by atoms with van der Waals surface area (Å²) in [6, 6.07) is 3.57. The maximum Gasteiger partial charge on any atom is 0.232 e. The van der Waals surface area contributed by atoms with Gasteiger partial charge in [-0.2, -0.15) is 10.1 Å². The van der Waals surface area contributed by atoms with Crippen molar-refractivity contribution in [2.75, 3.05) is 11.9 Å². The quantitative estimate of drug-likeness (QED) is 0.839. The van der Waals surface area contributed by atoms with Gasteiger partial charge in [0.2, 0.25) is 17.8 Å². The van der Waals surface area contributed by atoms with Crippen LogP contribution >= 0.6 is 0 Å². The van der Waals surface area contributed by atoms with E-state index < -0.39 is 0 Å². The van der Waals surface area contributed by atoms with Crippen molar-refractivity contribution in [1.82, 2.24) is 20.1 Å². The highest BCUT2D eigenvalue weighted by Crippen LogP contribution is 2.21. The van der Waals surface area contributed by atoms with Gasteiger partial charge in [-0.05, 0) is 12.1 Å². The molecule has 0 spiro atoms. The molecule has 1 aliphatic heterocycles. The Morgan fingerprint density at radius 2 is 2.50 bits per heavy atom. The minimum absolute atomic E-state index is 0.0564. The van der Waals surface area contributed by atoms with Crippen molar-refractivity contribution in [3.63, 3.8) is 0 Å². The Kier molecular flexibility index (Phi) is 3.20. The number of anilines is 1. The summed E-state index contributed by atoms with van der Waals surface area (Å²) in [6.07, 6.45) is 3.06. The van der Waals surface area contributed by atoms with E-state index in [1.807, 2.05) is 0 Å². The Bertz CT molecular complexity index is 593. The molecule has 2 aromatic heterocycles. The van der Waals surface area contributed by atoms with Gasteiger partial charge in [-0.15, -0.1) is 0 Å². The maximum atomic E-state index is 12.0. The predicted molar refractivity (Wildman–Crippen MR) is 67.2 cm³/mol. The van der Waals surface area contributed by atoms with Crippen LogP contribution in [0.1, 0.15) is 12.2 Å². The molecule has 0 saturated carbocycles. The number of nitrogens with one attached hydrogen (secondary N) is 2. The Balaban J connectivity index is 1.60. The number of hydrogen-bond acceptors (Lipinski definition) is 5. The fraction of sp³-hybridized carbons (Fsp3) is 0.333. The van der Waals surface area contributed by atoms with Crippen LogP contribution in [0.3, 0.4) is 0 Å². The molecular weight excluding hydrogens is 262 g/mol. The number of aromatic amines is 1. The molecule has 0 bridgehead atoms. The molecule has 0 aliphatic carbocycles. The van der Waals surface area contributed by atoms with Gasteiger partial charge in [-0.25, -0.2) is 5.10 Å². The van der Waals surface area contributed by atoms with Crippen molar-refractivity contribution in [2.24, 2.45) is 5.92 Å². The molecule has 0 radical (unpaired) electrons. The van der Waals surface area contributed by atoms with E-state index in [0.717, 1.165) is 0 Å². The van der Waals surface area contributed by atoms with Crippen LogP contribution in [0, 0.1) is 5.92 Å². The number of hydrogen-bond donors (Lipinski definition) is 2. The lowest BCUT2D eigenvalue weighted by atomic mass is 10.1. The second-order valence-corrected chi connectivity index (χ2v) is 4.58. The first-order chi connectivity index (χ1) is 9.72. The number of carbonyl (C=O) groups is 2. The lowest BCUT2D eigenvalue weighted by Gasteiger charge is -2.14. The van der Waals surface area contributed by atoms with Crippen LogP contribution in [0.25, 0.3) is 0 Å². The number of nitrogens with zero attached hydrogens (tertiary/aromatic N) is 3. The van der Waals surface area contributed by atoms with E-state index in [4.69, 9.17) is 4.42 Å². The van der Waals surface area contributed by atoms with Gasteiger partial charge in [0.05, 0.1) is 18.7 Å².